The SMILES string of the molecule is CC(C)Cc1cc(CC(=O)NCN2CCN(c3ccccn3)CC2)nn1-c1ccccc1. The average Bonchev–Trinajstić information content (AvgIpc) is 3.20. The summed E-state index contributed by atoms with van der Waals surface area (Å²) in [6.07, 6.45) is 3.04. The van der Waals surface area contributed by atoms with Crippen molar-refractivity contribution < 1.29 is 4.79 Å². The molecule has 0 radical (unpaired) electrons. The van der Waals surface area contributed by atoms with Crippen LogP contribution in [0.15, 0.2) is 60.8 Å². The van der Waals surface area contributed by atoms with E-state index in [1.807, 2.05) is 59.4 Å². The first kappa shape index (κ1) is 22.0. The van der Waals surface area contributed by atoms with Crippen molar-refractivity contribution >= 4 is 11.7 Å². The van der Waals surface area contributed by atoms with Crippen molar-refractivity contribution in [1.82, 2.24) is 25.0 Å². The lowest BCUT2D eigenvalue weighted by Gasteiger charge is -2.35. The zero-order valence-corrected chi connectivity index (χ0v) is 18.9. The lowest BCUT2D eigenvalue weighted by molar-refractivity contribution is -0.121. The van der Waals surface area contributed by atoms with Crippen molar-refractivity contribution in [3.63, 3.8) is 0 Å². The third-order valence-corrected chi connectivity index (χ3v) is 5.64. The molecule has 0 unspecified atom stereocenters. The lowest BCUT2D eigenvalue weighted by atomic mass is 10.1. The fraction of sp³-hybridized carbons (Fsp3) is 0.400. The summed E-state index contributed by atoms with van der Waals surface area (Å²) in [6.45, 7) is 8.58. The molecule has 1 aromatic carbocycles. The van der Waals surface area contributed by atoms with E-state index in [9.17, 15) is 4.79 Å². The third kappa shape index (κ3) is 5.73. The van der Waals surface area contributed by atoms with Gasteiger partial charge in [0.05, 0.1) is 24.5 Å². The Morgan fingerprint density at radius 2 is 1.78 bits per heavy atom. The summed E-state index contributed by atoms with van der Waals surface area (Å²) in [4.78, 5) is 21.6. The molecule has 168 valence electrons. The fourth-order valence-electron chi connectivity index (χ4n) is 4.02. The highest BCUT2D eigenvalue weighted by molar-refractivity contribution is 5.78. The number of nitrogens with one attached hydrogen (secondary N) is 1. The smallest absolute Gasteiger partial charge is 0.227 e. The van der Waals surface area contributed by atoms with E-state index in [-0.39, 0.29) is 5.91 Å². The van der Waals surface area contributed by atoms with Gasteiger partial charge in [0.25, 0.3) is 0 Å². The van der Waals surface area contributed by atoms with Crippen LogP contribution in [0.1, 0.15) is 25.2 Å². The second-order valence-corrected chi connectivity index (χ2v) is 8.70. The predicted octanol–water partition coefficient (Wildman–Crippen LogP) is 2.90. The molecule has 3 heterocycles. The monoisotopic (exact) mass is 432 g/mol. The Kier molecular flexibility index (Phi) is 7.17. The topological polar surface area (TPSA) is 66.3 Å². The summed E-state index contributed by atoms with van der Waals surface area (Å²) in [7, 11) is 0. The van der Waals surface area contributed by atoms with E-state index >= 15 is 0 Å². The number of pyridine rings is 1. The quantitative estimate of drug-likeness (QED) is 0.593. The Bertz CT molecular complexity index is 994. The van der Waals surface area contributed by atoms with E-state index in [1.165, 1.54) is 0 Å². The first-order chi connectivity index (χ1) is 15.6. The molecule has 1 saturated heterocycles. The Labute approximate surface area is 190 Å². The van der Waals surface area contributed by atoms with Crippen LogP contribution in [0.3, 0.4) is 0 Å². The van der Waals surface area contributed by atoms with Gasteiger partial charge in [0.2, 0.25) is 5.91 Å². The van der Waals surface area contributed by atoms with Crippen LogP contribution >= 0.6 is 0 Å². The molecule has 7 heteroatoms. The van der Waals surface area contributed by atoms with Gasteiger partial charge < -0.3 is 10.2 Å². The largest absolute Gasteiger partial charge is 0.354 e. The number of aromatic nitrogens is 3. The summed E-state index contributed by atoms with van der Waals surface area (Å²) in [5, 5.41) is 7.81. The third-order valence-electron chi connectivity index (χ3n) is 5.64. The van der Waals surface area contributed by atoms with Crippen LogP contribution in [0.5, 0.6) is 0 Å². The molecule has 7 nitrogen and oxygen atoms in total. The molecule has 1 aliphatic rings. The number of piperazine rings is 1. The average molecular weight is 433 g/mol. The predicted molar refractivity (Wildman–Crippen MR) is 127 cm³/mol. The van der Waals surface area contributed by atoms with E-state index in [1.54, 1.807) is 0 Å². The molecular formula is C25H32N6O. The second-order valence-electron chi connectivity index (χ2n) is 8.70. The highest BCUT2D eigenvalue weighted by Crippen LogP contribution is 2.17. The zero-order valence-electron chi connectivity index (χ0n) is 18.9. The van der Waals surface area contributed by atoms with Gasteiger partial charge >= 0.3 is 0 Å². The summed E-state index contributed by atoms with van der Waals surface area (Å²) in [5.41, 5.74) is 2.97. The number of hydrogen-bond acceptors (Lipinski definition) is 5. The molecule has 0 bridgehead atoms. The van der Waals surface area contributed by atoms with Gasteiger partial charge in [-0.3, -0.25) is 9.69 Å². The van der Waals surface area contributed by atoms with Gasteiger partial charge in [-0.2, -0.15) is 5.10 Å². The van der Waals surface area contributed by atoms with Crippen LogP contribution in [0.25, 0.3) is 5.69 Å². The molecule has 2 aromatic heterocycles. The molecule has 0 aliphatic carbocycles. The first-order valence-electron chi connectivity index (χ1n) is 11.4. The lowest BCUT2D eigenvalue weighted by Crippen LogP contribution is -2.50. The van der Waals surface area contributed by atoms with Gasteiger partial charge in [0.15, 0.2) is 0 Å². The van der Waals surface area contributed by atoms with Gasteiger partial charge in [0.1, 0.15) is 5.82 Å². The number of para-hydroxylation sites is 1. The molecule has 32 heavy (non-hydrogen) atoms. The van der Waals surface area contributed by atoms with Crippen molar-refractivity contribution in [2.75, 3.05) is 37.7 Å². The highest BCUT2D eigenvalue weighted by Gasteiger charge is 2.19. The number of benzene rings is 1. The van der Waals surface area contributed by atoms with Crippen LogP contribution in [0, 0.1) is 5.92 Å². The summed E-state index contributed by atoms with van der Waals surface area (Å²) < 4.78 is 1.97. The number of anilines is 1. The van der Waals surface area contributed by atoms with E-state index in [2.05, 4.69) is 40.0 Å². The Balaban J connectivity index is 1.30. The Morgan fingerprint density at radius 1 is 1.03 bits per heavy atom. The van der Waals surface area contributed by atoms with Crippen LogP contribution in [0.2, 0.25) is 0 Å². The molecule has 4 rings (SSSR count). The van der Waals surface area contributed by atoms with Crippen LogP contribution in [0.4, 0.5) is 5.82 Å². The molecule has 0 atom stereocenters. The van der Waals surface area contributed by atoms with E-state index < -0.39 is 0 Å². The summed E-state index contributed by atoms with van der Waals surface area (Å²) in [6, 6.07) is 18.2. The minimum absolute atomic E-state index is 0.00552. The maximum Gasteiger partial charge on any atom is 0.227 e. The van der Waals surface area contributed by atoms with Gasteiger partial charge in [-0.1, -0.05) is 38.1 Å². The van der Waals surface area contributed by atoms with Crippen LogP contribution in [-0.2, 0) is 17.6 Å². The number of carbonyl (C=O) groups is 1. The summed E-state index contributed by atoms with van der Waals surface area (Å²) in [5.74, 6) is 1.54. The maximum atomic E-state index is 12.6. The van der Waals surface area contributed by atoms with Crippen molar-refractivity contribution in [2.45, 2.75) is 26.7 Å². The molecule has 1 N–H and O–H groups in total. The minimum atomic E-state index is 0.00552. The molecule has 1 amide bonds. The second kappa shape index (κ2) is 10.4. The number of rotatable bonds is 8. The first-order valence-corrected chi connectivity index (χ1v) is 11.4. The normalized spacial score (nSPS) is 14.7. The molecular weight excluding hydrogens is 400 g/mol. The Hall–Kier alpha value is -3.19. The molecule has 0 spiro atoms. The van der Waals surface area contributed by atoms with Gasteiger partial charge in [0, 0.05) is 38.1 Å². The maximum absolute atomic E-state index is 12.6. The van der Waals surface area contributed by atoms with Crippen molar-refractivity contribution in [1.29, 1.82) is 0 Å². The molecule has 0 saturated carbocycles. The number of amides is 1. The van der Waals surface area contributed by atoms with Crippen LogP contribution in [-0.4, -0.2) is 58.4 Å². The minimum Gasteiger partial charge on any atom is -0.354 e. The summed E-state index contributed by atoms with van der Waals surface area (Å²) >= 11 is 0. The molecule has 1 fully saturated rings. The van der Waals surface area contributed by atoms with Gasteiger partial charge in [-0.15, -0.1) is 0 Å². The zero-order chi connectivity index (χ0) is 22.3. The van der Waals surface area contributed by atoms with E-state index in [0.29, 0.717) is 19.0 Å². The van der Waals surface area contributed by atoms with Crippen molar-refractivity contribution in [3.8, 4) is 5.69 Å². The van der Waals surface area contributed by atoms with Crippen molar-refractivity contribution in [3.05, 3.63) is 72.2 Å². The number of carbonyl (C=O) groups excluding carboxylic acids is 1. The van der Waals surface area contributed by atoms with E-state index in [0.717, 1.165) is 55.5 Å². The van der Waals surface area contributed by atoms with E-state index in [4.69, 9.17) is 5.10 Å². The fourth-order valence-corrected chi connectivity index (χ4v) is 4.02. The number of hydrogen-bond donors (Lipinski definition) is 1. The van der Waals surface area contributed by atoms with Crippen LogP contribution < -0.4 is 10.2 Å². The molecule has 3 aromatic rings. The van der Waals surface area contributed by atoms with Gasteiger partial charge in [-0.25, -0.2) is 9.67 Å². The Morgan fingerprint density at radius 3 is 2.47 bits per heavy atom. The van der Waals surface area contributed by atoms with Crippen molar-refractivity contribution in [2.24, 2.45) is 5.92 Å². The highest BCUT2D eigenvalue weighted by atomic mass is 16.1. The standard InChI is InChI=1S/C25H32N6O/c1-20(2)16-23-17-21(28-31(23)22-8-4-3-5-9-22)18-25(32)27-19-29-12-14-30(15-13-29)24-10-6-7-11-26-24/h3-11,17,20H,12-16,18-19H2,1-2H3,(H,27,32). The number of nitrogens with zero attached hydrogens (tertiary/aromatic N) is 5. The molecule has 1 aliphatic heterocycles. The van der Waals surface area contributed by atoms with Gasteiger partial charge in [-0.05, 0) is 42.7 Å².